The molecule has 1 atom stereocenters. The van der Waals surface area contributed by atoms with Crippen LogP contribution in [0.1, 0.15) is 13.8 Å². The molecule has 1 rings (SSSR count). The molecule has 0 radical (unpaired) electrons. The zero-order valence-corrected chi connectivity index (χ0v) is 14.5. The van der Waals surface area contributed by atoms with Crippen LogP contribution >= 0.6 is 22.9 Å². The number of rotatable bonds is 7. The van der Waals surface area contributed by atoms with Gasteiger partial charge < -0.3 is 4.90 Å². The molecule has 0 spiro atoms. The quantitative estimate of drug-likeness (QED) is 0.597. The van der Waals surface area contributed by atoms with Crippen molar-refractivity contribution in [3.05, 3.63) is 20.5 Å². The lowest BCUT2D eigenvalue weighted by Crippen LogP contribution is -2.44. The van der Waals surface area contributed by atoms with E-state index in [4.69, 9.17) is 11.6 Å². The Morgan fingerprint density at radius 3 is 2.43 bits per heavy atom. The van der Waals surface area contributed by atoms with Gasteiger partial charge in [0, 0.05) is 18.7 Å². The van der Waals surface area contributed by atoms with E-state index in [1.54, 1.807) is 0 Å². The van der Waals surface area contributed by atoms with Crippen LogP contribution in [0.2, 0.25) is 4.34 Å². The van der Waals surface area contributed by atoms with Crippen LogP contribution < -0.4 is 4.72 Å². The standard InChI is InChI=1S/C11H18ClN3O4S2/c1-7(2)8(6-14(3)4)13-21(18,19)10-5-9(15(16)17)11(12)20-10/h5,7-8,13H,6H2,1-4H3. The molecule has 7 nitrogen and oxygen atoms in total. The van der Waals surface area contributed by atoms with Gasteiger partial charge in [-0.2, -0.15) is 0 Å². The molecule has 0 saturated heterocycles. The Bertz CT molecular complexity index is 613. The Balaban J connectivity index is 3.05. The minimum Gasteiger partial charge on any atom is -0.308 e. The normalized spacial score (nSPS) is 13.9. The topological polar surface area (TPSA) is 92.6 Å². The van der Waals surface area contributed by atoms with E-state index in [1.807, 2.05) is 32.8 Å². The van der Waals surface area contributed by atoms with Crippen molar-refractivity contribution in [1.82, 2.24) is 9.62 Å². The SMILES string of the molecule is CC(C)C(CN(C)C)NS(=O)(=O)c1cc([N+](=O)[O-])c(Cl)s1. The number of nitrogens with one attached hydrogen (secondary N) is 1. The number of sulfonamides is 1. The highest BCUT2D eigenvalue weighted by Crippen LogP contribution is 2.36. The van der Waals surface area contributed by atoms with Gasteiger partial charge in [0.05, 0.1) is 4.92 Å². The van der Waals surface area contributed by atoms with Gasteiger partial charge in [0.15, 0.2) is 4.34 Å². The molecule has 0 fully saturated rings. The molecule has 0 amide bonds. The summed E-state index contributed by atoms with van der Waals surface area (Å²) in [7, 11) is -0.145. The van der Waals surface area contributed by atoms with Crippen molar-refractivity contribution in [1.29, 1.82) is 0 Å². The van der Waals surface area contributed by atoms with E-state index in [1.165, 1.54) is 0 Å². The molecule has 0 bridgehead atoms. The van der Waals surface area contributed by atoms with Gasteiger partial charge in [-0.05, 0) is 20.0 Å². The fourth-order valence-corrected chi connectivity index (χ4v) is 4.69. The molecule has 0 aromatic carbocycles. The first kappa shape index (κ1) is 18.3. The maximum atomic E-state index is 12.3. The molecule has 120 valence electrons. The van der Waals surface area contributed by atoms with E-state index in [0.717, 1.165) is 6.07 Å². The average molecular weight is 356 g/mol. The monoisotopic (exact) mass is 355 g/mol. The van der Waals surface area contributed by atoms with Crippen molar-refractivity contribution < 1.29 is 13.3 Å². The van der Waals surface area contributed by atoms with Gasteiger partial charge in [0.2, 0.25) is 0 Å². The van der Waals surface area contributed by atoms with Gasteiger partial charge in [-0.3, -0.25) is 10.1 Å². The predicted molar refractivity (Wildman–Crippen MR) is 83.5 cm³/mol. The molecular formula is C11H18ClN3O4S2. The van der Waals surface area contributed by atoms with E-state index in [-0.39, 0.29) is 20.5 Å². The number of thiophene rings is 1. The number of nitrogens with zero attached hydrogens (tertiary/aromatic N) is 2. The van der Waals surface area contributed by atoms with E-state index in [9.17, 15) is 18.5 Å². The Morgan fingerprint density at radius 2 is 2.05 bits per heavy atom. The highest BCUT2D eigenvalue weighted by atomic mass is 35.5. The number of hydrogen-bond donors (Lipinski definition) is 1. The lowest BCUT2D eigenvalue weighted by atomic mass is 10.1. The lowest BCUT2D eigenvalue weighted by Gasteiger charge is -2.25. The molecular weight excluding hydrogens is 338 g/mol. The Labute approximate surface area is 133 Å². The summed E-state index contributed by atoms with van der Waals surface area (Å²) in [4.78, 5) is 11.9. The van der Waals surface area contributed by atoms with Crippen LogP contribution in [0.3, 0.4) is 0 Å². The second-order valence-electron chi connectivity index (χ2n) is 5.22. The van der Waals surface area contributed by atoms with Gasteiger partial charge in [0.25, 0.3) is 15.7 Å². The molecule has 1 unspecified atom stereocenters. The Kier molecular flexibility index (Phi) is 6.11. The summed E-state index contributed by atoms with van der Waals surface area (Å²) < 4.78 is 26.9. The summed E-state index contributed by atoms with van der Waals surface area (Å²) >= 11 is 6.39. The van der Waals surface area contributed by atoms with Gasteiger partial charge >= 0.3 is 0 Å². The number of nitro groups is 1. The highest BCUT2D eigenvalue weighted by molar-refractivity contribution is 7.91. The highest BCUT2D eigenvalue weighted by Gasteiger charge is 2.28. The molecule has 0 aliphatic rings. The predicted octanol–water partition coefficient (Wildman–Crippen LogP) is 2.17. The second-order valence-corrected chi connectivity index (χ2v) is 8.81. The summed E-state index contributed by atoms with van der Waals surface area (Å²) in [5.74, 6) is 0.0765. The summed E-state index contributed by atoms with van der Waals surface area (Å²) in [5.41, 5.74) is -0.393. The fourth-order valence-electron chi connectivity index (χ4n) is 1.63. The first-order valence-corrected chi connectivity index (χ1v) is 8.83. The molecule has 0 saturated carbocycles. The molecule has 0 aliphatic carbocycles. The van der Waals surface area contributed by atoms with E-state index in [0.29, 0.717) is 17.9 Å². The van der Waals surface area contributed by atoms with Crippen molar-refractivity contribution >= 4 is 38.6 Å². The molecule has 10 heteroatoms. The molecule has 0 aliphatic heterocycles. The third-order valence-corrected chi connectivity index (χ3v) is 6.08. The molecule has 1 aromatic rings. The van der Waals surface area contributed by atoms with Gasteiger partial charge in [-0.25, -0.2) is 13.1 Å². The van der Waals surface area contributed by atoms with Crippen LogP contribution in [0.5, 0.6) is 0 Å². The second kappa shape index (κ2) is 7.01. The van der Waals surface area contributed by atoms with Crippen LogP contribution in [-0.4, -0.2) is 44.9 Å². The van der Waals surface area contributed by atoms with Gasteiger partial charge in [-0.15, -0.1) is 11.3 Å². The van der Waals surface area contributed by atoms with Crippen LogP contribution in [0.25, 0.3) is 0 Å². The molecule has 21 heavy (non-hydrogen) atoms. The van der Waals surface area contributed by atoms with Crippen molar-refractivity contribution in [3.8, 4) is 0 Å². The molecule has 1 aromatic heterocycles. The van der Waals surface area contributed by atoms with E-state index in [2.05, 4.69) is 4.72 Å². The summed E-state index contributed by atoms with van der Waals surface area (Å²) in [6.07, 6.45) is 0. The molecule has 1 heterocycles. The number of halogens is 1. The third kappa shape index (κ3) is 4.89. The van der Waals surface area contributed by atoms with Crippen molar-refractivity contribution in [2.24, 2.45) is 5.92 Å². The summed E-state index contributed by atoms with van der Waals surface area (Å²) in [6.45, 7) is 4.33. The van der Waals surface area contributed by atoms with Crippen LogP contribution in [0.4, 0.5) is 5.69 Å². The van der Waals surface area contributed by atoms with Crippen LogP contribution in [-0.2, 0) is 10.0 Å². The first-order chi connectivity index (χ1) is 9.54. The summed E-state index contributed by atoms with van der Waals surface area (Å²) in [5, 5.41) is 10.7. The third-order valence-electron chi connectivity index (χ3n) is 2.78. The van der Waals surface area contributed by atoms with Gasteiger partial charge in [-0.1, -0.05) is 25.4 Å². The largest absolute Gasteiger partial charge is 0.308 e. The average Bonchev–Trinajstić information content (AvgIpc) is 2.70. The van der Waals surface area contributed by atoms with Crippen LogP contribution in [0, 0.1) is 16.0 Å². The van der Waals surface area contributed by atoms with E-state index >= 15 is 0 Å². The van der Waals surface area contributed by atoms with Crippen molar-refractivity contribution in [2.75, 3.05) is 20.6 Å². The minimum atomic E-state index is -3.83. The maximum Gasteiger partial charge on any atom is 0.300 e. The Morgan fingerprint density at radius 1 is 1.48 bits per heavy atom. The Hall–Kier alpha value is -0.740. The summed E-state index contributed by atoms with van der Waals surface area (Å²) in [6, 6.07) is 0.687. The van der Waals surface area contributed by atoms with E-state index < -0.39 is 20.6 Å². The number of likely N-dealkylation sites (N-methyl/N-ethyl adjacent to an activating group) is 1. The minimum absolute atomic E-state index is 0.0765. The van der Waals surface area contributed by atoms with Crippen LogP contribution in [0.15, 0.2) is 10.3 Å². The molecule has 1 N–H and O–H groups in total. The number of hydrogen-bond acceptors (Lipinski definition) is 6. The van der Waals surface area contributed by atoms with Crippen molar-refractivity contribution in [2.45, 2.75) is 24.1 Å². The zero-order chi connectivity index (χ0) is 16.4. The smallest absolute Gasteiger partial charge is 0.300 e. The fraction of sp³-hybridized carbons (Fsp3) is 0.636. The maximum absolute atomic E-state index is 12.3. The first-order valence-electron chi connectivity index (χ1n) is 6.15. The van der Waals surface area contributed by atoms with Gasteiger partial charge in [0.1, 0.15) is 4.21 Å². The zero-order valence-electron chi connectivity index (χ0n) is 12.2. The lowest BCUT2D eigenvalue weighted by molar-refractivity contribution is -0.384. The van der Waals surface area contributed by atoms with Crippen molar-refractivity contribution in [3.63, 3.8) is 0 Å².